The monoisotopic (exact) mass is 347 g/mol. The summed E-state index contributed by atoms with van der Waals surface area (Å²) in [5, 5.41) is 11.0. The number of rotatable bonds is 3. The third-order valence-corrected chi connectivity index (χ3v) is 4.18. The zero-order valence-corrected chi connectivity index (χ0v) is 13.3. The van der Waals surface area contributed by atoms with E-state index in [0.717, 1.165) is 4.90 Å². The maximum atomic E-state index is 12.5. The van der Waals surface area contributed by atoms with Crippen molar-refractivity contribution in [1.82, 2.24) is 4.90 Å². The van der Waals surface area contributed by atoms with Gasteiger partial charge in [-0.05, 0) is 29.3 Å². The van der Waals surface area contributed by atoms with E-state index in [1.807, 2.05) is 0 Å². The van der Waals surface area contributed by atoms with Gasteiger partial charge in [0.05, 0.1) is 12.1 Å². The summed E-state index contributed by atoms with van der Waals surface area (Å²) in [6.07, 6.45) is 0. The first-order valence-electron chi connectivity index (χ1n) is 6.78. The Balaban J connectivity index is 1.93. The van der Waals surface area contributed by atoms with E-state index in [-0.39, 0.29) is 12.1 Å². The molecule has 0 bridgehead atoms. The molecule has 0 aliphatic carbocycles. The van der Waals surface area contributed by atoms with Crippen molar-refractivity contribution in [3.63, 3.8) is 0 Å². The summed E-state index contributed by atoms with van der Waals surface area (Å²) >= 11 is 11.9. The SMILES string of the molecule is O=C1C(O)=C(c2ccc(Cl)cc2)C(=O)N1Cc1ccccc1Cl. The summed E-state index contributed by atoms with van der Waals surface area (Å²) in [4.78, 5) is 25.7. The van der Waals surface area contributed by atoms with Gasteiger partial charge in [0.2, 0.25) is 0 Å². The average molecular weight is 348 g/mol. The first-order chi connectivity index (χ1) is 11.0. The van der Waals surface area contributed by atoms with Gasteiger partial charge in [0, 0.05) is 10.0 Å². The van der Waals surface area contributed by atoms with Crippen LogP contribution in [0.25, 0.3) is 5.57 Å². The maximum absolute atomic E-state index is 12.5. The normalized spacial score (nSPS) is 14.8. The predicted molar refractivity (Wildman–Crippen MR) is 88.0 cm³/mol. The summed E-state index contributed by atoms with van der Waals surface area (Å²) in [6.45, 7) is -0.00150. The van der Waals surface area contributed by atoms with Crippen molar-refractivity contribution in [3.8, 4) is 0 Å². The molecule has 0 aromatic heterocycles. The molecule has 1 N–H and O–H groups in total. The van der Waals surface area contributed by atoms with Gasteiger partial charge < -0.3 is 5.11 Å². The van der Waals surface area contributed by atoms with Gasteiger partial charge in [-0.2, -0.15) is 0 Å². The average Bonchev–Trinajstić information content (AvgIpc) is 2.74. The first-order valence-corrected chi connectivity index (χ1v) is 7.53. The number of halogens is 2. The minimum absolute atomic E-state index is 0.00150. The summed E-state index contributed by atoms with van der Waals surface area (Å²) in [6, 6.07) is 13.3. The second-order valence-corrected chi connectivity index (χ2v) is 5.86. The molecule has 0 saturated carbocycles. The highest BCUT2D eigenvalue weighted by Crippen LogP contribution is 2.30. The third-order valence-electron chi connectivity index (χ3n) is 3.56. The Morgan fingerprint density at radius 1 is 0.913 bits per heavy atom. The highest BCUT2D eigenvalue weighted by Gasteiger charge is 2.39. The molecular weight excluding hydrogens is 337 g/mol. The van der Waals surface area contributed by atoms with Crippen molar-refractivity contribution in [2.24, 2.45) is 0 Å². The molecule has 2 aromatic carbocycles. The number of aliphatic hydroxyl groups is 1. The number of carbonyl (C=O) groups excluding carboxylic acids is 2. The number of benzene rings is 2. The standard InChI is InChI=1S/C17H11Cl2NO3/c18-12-7-5-10(6-8-12)14-15(21)17(23)20(16(14)22)9-11-3-1-2-4-13(11)19/h1-8,21H,9H2. The summed E-state index contributed by atoms with van der Waals surface area (Å²) in [5.74, 6) is -1.86. The molecule has 0 atom stereocenters. The molecule has 1 aliphatic heterocycles. The van der Waals surface area contributed by atoms with Crippen molar-refractivity contribution in [2.45, 2.75) is 6.54 Å². The molecule has 0 fully saturated rings. The molecule has 0 unspecified atom stereocenters. The largest absolute Gasteiger partial charge is 0.502 e. The quantitative estimate of drug-likeness (QED) is 0.858. The molecule has 2 amide bonds. The minimum atomic E-state index is -0.736. The van der Waals surface area contributed by atoms with Crippen LogP contribution in [0, 0.1) is 0 Å². The van der Waals surface area contributed by atoms with Crippen molar-refractivity contribution in [1.29, 1.82) is 0 Å². The van der Waals surface area contributed by atoms with Crippen LogP contribution in [0.1, 0.15) is 11.1 Å². The lowest BCUT2D eigenvalue weighted by atomic mass is 10.1. The van der Waals surface area contributed by atoms with Crippen LogP contribution in [0.3, 0.4) is 0 Å². The van der Waals surface area contributed by atoms with E-state index in [1.54, 1.807) is 48.5 Å². The molecule has 116 valence electrons. The number of carbonyl (C=O) groups is 2. The number of amides is 2. The Labute approximate surface area is 142 Å². The fourth-order valence-electron chi connectivity index (χ4n) is 2.38. The third kappa shape index (κ3) is 2.83. The Morgan fingerprint density at radius 2 is 1.57 bits per heavy atom. The number of hydrogen-bond acceptors (Lipinski definition) is 3. The van der Waals surface area contributed by atoms with Gasteiger partial charge >= 0.3 is 0 Å². The number of hydrogen-bond donors (Lipinski definition) is 1. The molecule has 1 heterocycles. The molecule has 23 heavy (non-hydrogen) atoms. The summed E-state index contributed by atoms with van der Waals surface area (Å²) in [5.41, 5.74) is 1.03. The van der Waals surface area contributed by atoms with Crippen LogP contribution >= 0.6 is 23.2 Å². The van der Waals surface area contributed by atoms with Gasteiger partial charge in [-0.3, -0.25) is 14.5 Å². The molecule has 3 rings (SSSR count). The number of imide groups is 1. The molecule has 4 nitrogen and oxygen atoms in total. The van der Waals surface area contributed by atoms with Crippen LogP contribution < -0.4 is 0 Å². The van der Waals surface area contributed by atoms with Crippen LogP contribution in [-0.2, 0) is 16.1 Å². The van der Waals surface area contributed by atoms with Crippen LogP contribution in [0.2, 0.25) is 10.0 Å². The van der Waals surface area contributed by atoms with Crippen LogP contribution in [-0.4, -0.2) is 21.8 Å². The lowest BCUT2D eigenvalue weighted by Crippen LogP contribution is -2.31. The lowest BCUT2D eigenvalue weighted by Gasteiger charge is -2.15. The van der Waals surface area contributed by atoms with Gasteiger partial charge in [0.25, 0.3) is 11.8 Å². The highest BCUT2D eigenvalue weighted by molar-refractivity contribution is 6.35. The van der Waals surface area contributed by atoms with Crippen molar-refractivity contribution >= 4 is 40.6 Å². The molecule has 0 radical (unpaired) electrons. The molecule has 0 saturated heterocycles. The summed E-state index contributed by atoms with van der Waals surface area (Å²) < 4.78 is 0. The minimum Gasteiger partial charge on any atom is -0.502 e. The molecule has 1 aliphatic rings. The van der Waals surface area contributed by atoms with Gasteiger partial charge in [0.1, 0.15) is 0 Å². The zero-order valence-electron chi connectivity index (χ0n) is 11.8. The van der Waals surface area contributed by atoms with E-state index in [0.29, 0.717) is 21.2 Å². The predicted octanol–water partition coefficient (Wildman–Crippen LogP) is 3.83. The van der Waals surface area contributed by atoms with E-state index in [1.165, 1.54) is 0 Å². The Hall–Kier alpha value is -2.30. The Bertz CT molecular complexity index is 828. The molecular formula is C17H11Cl2NO3. The smallest absolute Gasteiger partial charge is 0.296 e. The highest BCUT2D eigenvalue weighted by atomic mass is 35.5. The van der Waals surface area contributed by atoms with Gasteiger partial charge in [-0.25, -0.2) is 0 Å². The van der Waals surface area contributed by atoms with Crippen LogP contribution in [0.15, 0.2) is 54.3 Å². The lowest BCUT2D eigenvalue weighted by molar-refractivity contribution is -0.138. The van der Waals surface area contributed by atoms with E-state index < -0.39 is 17.6 Å². The molecule has 6 heteroatoms. The Morgan fingerprint density at radius 3 is 2.22 bits per heavy atom. The van der Waals surface area contributed by atoms with Crippen molar-refractivity contribution < 1.29 is 14.7 Å². The van der Waals surface area contributed by atoms with Crippen molar-refractivity contribution in [2.75, 3.05) is 0 Å². The van der Waals surface area contributed by atoms with Gasteiger partial charge in [-0.1, -0.05) is 53.5 Å². The van der Waals surface area contributed by atoms with E-state index in [2.05, 4.69) is 0 Å². The molecule has 2 aromatic rings. The van der Waals surface area contributed by atoms with Gasteiger partial charge in [-0.15, -0.1) is 0 Å². The number of aliphatic hydroxyl groups excluding tert-OH is 1. The second-order valence-electron chi connectivity index (χ2n) is 5.02. The zero-order chi connectivity index (χ0) is 16.6. The van der Waals surface area contributed by atoms with Crippen LogP contribution in [0.5, 0.6) is 0 Å². The second kappa shape index (κ2) is 6.07. The molecule has 0 spiro atoms. The van der Waals surface area contributed by atoms with Gasteiger partial charge in [0.15, 0.2) is 5.76 Å². The number of nitrogens with zero attached hydrogens (tertiary/aromatic N) is 1. The fraction of sp³-hybridized carbons (Fsp3) is 0.0588. The first kappa shape index (κ1) is 15.6. The summed E-state index contributed by atoms with van der Waals surface area (Å²) in [7, 11) is 0. The van der Waals surface area contributed by atoms with E-state index >= 15 is 0 Å². The Kier molecular flexibility index (Phi) is 4.11. The van der Waals surface area contributed by atoms with Crippen molar-refractivity contribution in [3.05, 3.63) is 75.5 Å². The van der Waals surface area contributed by atoms with Crippen LogP contribution in [0.4, 0.5) is 0 Å². The fourth-order valence-corrected chi connectivity index (χ4v) is 2.70. The van der Waals surface area contributed by atoms with E-state index in [4.69, 9.17) is 23.2 Å². The topological polar surface area (TPSA) is 57.6 Å². The van der Waals surface area contributed by atoms with E-state index in [9.17, 15) is 14.7 Å². The maximum Gasteiger partial charge on any atom is 0.296 e.